The van der Waals surface area contributed by atoms with Gasteiger partial charge < -0.3 is 10.5 Å². The Labute approximate surface area is 111 Å². The minimum atomic E-state index is 0.546. The Morgan fingerprint density at radius 3 is 2.37 bits per heavy atom. The van der Waals surface area contributed by atoms with Crippen LogP contribution in [0, 0.1) is 0 Å². The number of nitrogens with zero attached hydrogens (tertiary/aromatic N) is 1. The summed E-state index contributed by atoms with van der Waals surface area (Å²) in [4.78, 5) is 4.30. The van der Waals surface area contributed by atoms with E-state index >= 15 is 0 Å². The van der Waals surface area contributed by atoms with Gasteiger partial charge in [0.25, 0.3) is 0 Å². The number of ether oxygens (including phenoxy) is 1. The molecule has 3 aromatic rings. The van der Waals surface area contributed by atoms with Gasteiger partial charge in [0.2, 0.25) is 0 Å². The van der Waals surface area contributed by atoms with Gasteiger partial charge in [0.1, 0.15) is 11.6 Å². The number of fused-ring (bicyclic) bond motifs is 1. The van der Waals surface area contributed by atoms with Crippen molar-refractivity contribution < 1.29 is 4.74 Å². The Balaban J connectivity index is 2.06. The molecule has 2 N–H and O–H groups in total. The van der Waals surface area contributed by atoms with Crippen LogP contribution in [0.5, 0.6) is 5.75 Å². The van der Waals surface area contributed by atoms with Gasteiger partial charge in [0.15, 0.2) is 0 Å². The largest absolute Gasteiger partial charge is 0.497 e. The Hall–Kier alpha value is -2.55. The summed E-state index contributed by atoms with van der Waals surface area (Å²) < 4.78 is 5.16. The standard InChI is InChI=1S/C16H14N2O/c1-19-14-6-2-11(3-7-14)12-4-8-15-13(10-12)5-9-16(17)18-15/h2-10H,1H3,(H2,17,18). The summed E-state index contributed by atoms with van der Waals surface area (Å²) in [5.41, 5.74) is 8.90. The summed E-state index contributed by atoms with van der Waals surface area (Å²) in [7, 11) is 1.67. The first-order valence-electron chi connectivity index (χ1n) is 6.07. The summed E-state index contributed by atoms with van der Waals surface area (Å²) in [6.07, 6.45) is 0. The zero-order valence-electron chi connectivity index (χ0n) is 10.6. The molecule has 1 heterocycles. The number of benzene rings is 2. The SMILES string of the molecule is COc1ccc(-c2ccc3nc(N)ccc3c2)cc1. The van der Waals surface area contributed by atoms with E-state index in [0.29, 0.717) is 5.82 Å². The maximum atomic E-state index is 5.68. The van der Waals surface area contributed by atoms with Crippen molar-refractivity contribution in [2.45, 2.75) is 0 Å². The summed E-state index contributed by atoms with van der Waals surface area (Å²) >= 11 is 0. The van der Waals surface area contributed by atoms with Gasteiger partial charge in [-0.2, -0.15) is 0 Å². The van der Waals surface area contributed by atoms with Gasteiger partial charge in [-0.3, -0.25) is 0 Å². The average Bonchev–Trinajstić information content (AvgIpc) is 2.47. The number of pyridine rings is 1. The molecule has 0 saturated heterocycles. The molecule has 0 bridgehead atoms. The first kappa shape index (κ1) is 11.5. The van der Waals surface area contributed by atoms with Crippen LogP contribution in [0.15, 0.2) is 54.6 Å². The number of aromatic nitrogens is 1. The van der Waals surface area contributed by atoms with E-state index in [2.05, 4.69) is 17.1 Å². The van der Waals surface area contributed by atoms with Gasteiger partial charge >= 0.3 is 0 Å². The van der Waals surface area contributed by atoms with Crippen LogP contribution in [0.25, 0.3) is 22.0 Å². The molecule has 0 amide bonds. The normalized spacial score (nSPS) is 10.6. The number of nitrogens with two attached hydrogens (primary N) is 1. The first-order valence-corrected chi connectivity index (χ1v) is 6.07. The molecular formula is C16H14N2O. The van der Waals surface area contributed by atoms with Crippen molar-refractivity contribution in [3.8, 4) is 16.9 Å². The Bertz CT molecular complexity index is 720. The van der Waals surface area contributed by atoms with E-state index < -0.39 is 0 Å². The Morgan fingerprint density at radius 2 is 1.63 bits per heavy atom. The maximum absolute atomic E-state index is 5.68. The molecule has 2 aromatic carbocycles. The monoisotopic (exact) mass is 250 g/mol. The maximum Gasteiger partial charge on any atom is 0.124 e. The highest BCUT2D eigenvalue weighted by Crippen LogP contribution is 2.25. The van der Waals surface area contributed by atoms with Crippen molar-refractivity contribution >= 4 is 16.7 Å². The highest BCUT2D eigenvalue weighted by molar-refractivity contribution is 5.85. The Morgan fingerprint density at radius 1 is 0.895 bits per heavy atom. The molecule has 0 aliphatic heterocycles. The van der Waals surface area contributed by atoms with Gasteiger partial charge in [0, 0.05) is 5.39 Å². The van der Waals surface area contributed by atoms with E-state index in [-0.39, 0.29) is 0 Å². The molecule has 0 radical (unpaired) electrons. The second kappa shape index (κ2) is 4.61. The van der Waals surface area contributed by atoms with Crippen molar-refractivity contribution in [2.75, 3.05) is 12.8 Å². The van der Waals surface area contributed by atoms with Crippen LogP contribution >= 0.6 is 0 Å². The molecule has 3 heteroatoms. The van der Waals surface area contributed by atoms with Crippen LogP contribution < -0.4 is 10.5 Å². The molecule has 3 nitrogen and oxygen atoms in total. The molecule has 0 aliphatic carbocycles. The third kappa shape index (κ3) is 2.22. The van der Waals surface area contributed by atoms with Crippen molar-refractivity contribution in [3.63, 3.8) is 0 Å². The number of hydrogen-bond donors (Lipinski definition) is 1. The predicted octanol–water partition coefficient (Wildman–Crippen LogP) is 3.49. The lowest BCUT2D eigenvalue weighted by Gasteiger charge is -2.05. The molecule has 0 unspecified atom stereocenters. The zero-order valence-corrected chi connectivity index (χ0v) is 10.6. The second-order valence-corrected chi connectivity index (χ2v) is 4.37. The highest BCUT2D eigenvalue weighted by atomic mass is 16.5. The smallest absolute Gasteiger partial charge is 0.124 e. The number of nitrogen functional groups attached to an aromatic ring is 1. The minimum Gasteiger partial charge on any atom is -0.497 e. The second-order valence-electron chi connectivity index (χ2n) is 4.37. The summed E-state index contributed by atoms with van der Waals surface area (Å²) in [5, 5.41) is 1.09. The van der Waals surface area contributed by atoms with Crippen LogP contribution in [0.2, 0.25) is 0 Å². The third-order valence-electron chi connectivity index (χ3n) is 3.13. The number of anilines is 1. The number of methoxy groups -OCH3 is 1. The topological polar surface area (TPSA) is 48.1 Å². The first-order chi connectivity index (χ1) is 9.26. The summed E-state index contributed by atoms with van der Waals surface area (Å²) in [5.74, 6) is 1.41. The molecule has 0 fully saturated rings. The van der Waals surface area contributed by atoms with Crippen molar-refractivity contribution in [2.24, 2.45) is 0 Å². The fraction of sp³-hybridized carbons (Fsp3) is 0.0625. The van der Waals surface area contributed by atoms with E-state index in [1.54, 1.807) is 7.11 Å². The fourth-order valence-corrected chi connectivity index (χ4v) is 2.10. The lowest BCUT2D eigenvalue weighted by molar-refractivity contribution is 0.415. The summed E-state index contributed by atoms with van der Waals surface area (Å²) in [6, 6.07) is 18.0. The van der Waals surface area contributed by atoms with E-state index in [4.69, 9.17) is 10.5 Å². The summed E-state index contributed by atoms with van der Waals surface area (Å²) in [6.45, 7) is 0. The highest BCUT2D eigenvalue weighted by Gasteiger charge is 2.01. The molecular weight excluding hydrogens is 236 g/mol. The third-order valence-corrected chi connectivity index (χ3v) is 3.13. The molecule has 0 atom stereocenters. The van der Waals surface area contributed by atoms with Crippen LogP contribution in [-0.2, 0) is 0 Å². The minimum absolute atomic E-state index is 0.546. The van der Waals surface area contributed by atoms with Crippen LogP contribution in [0.3, 0.4) is 0 Å². The molecule has 0 saturated carbocycles. The number of hydrogen-bond acceptors (Lipinski definition) is 3. The number of rotatable bonds is 2. The lowest BCUT2D eigenvalue weighted by Crippen LogP contribution is -1.89. The van der Waals surface area contributed by atoms with Crippen molar-refractivity contribution in [1.29, 1.82) is 0 Å². The van der Waals surface area contributed by atoms with E-state index in [9.17, 15) is 0 Å². The van der Waals surface area contributed by atoms with Gasteiger partial charge in [-0.15, -0.1) is 0 Å². The van der Waals surface area contributed by atoms with Gasteiger partial charge in [0.05, 0.1) is 12.6 Å². The lowest BCUT2D eigenvalue weighted by atomic mass is 10.0. The van der Waals surface area contributed by atoms with Gasteiger partial charge in [-0.25, -0.2) is 4.98 Å². The average molecular weight is 250 g/mol. The van der Waals surface area contributed by atoms with E-state index in [1.807, 2.05) is 42.5 Å². The zero-order chi connectivity index (χ0) is 13.2. The van der Waals surface area contributed by atoms with E-state index in [1.165, 1.54) is 0 Å². The predicted molar refractivity (Wildman–Crippen MR) is 78.1 cm³/mol. The van der Waals surface area contributed by atoms with E-state index in [0.717, 1.165) is 27.8 Å². The molecule has 0 spiro atoms. The molecule has 1 aromatic heterocycles. The van der Waals surface area contributed by atoms with Gasteiger partial charge in [-0.05, 0) is 47.5 Å². The van der Waals surface area contributed by atoms with Crippen LogP contribution in [-0.4, -0.2) is 12.1 Å². The molecule has 19 heavy (non-hydrogen) atoms. The van der Waals surface area contributed by atoms with Gasteiger partial charge in [-0.1, -0.05) is 18.2 Å². The molecule has 3 rings (SSSR count). The molecule has 0 aliphatic rings. The quantitative estimate of drug-likeness (QED) is 0.757. The van der Waals surface area contributed by atoms with Crippen LogP contribution in [0.4, 0.5) is 5.82 Å². The Kier molecular flexibility index (Phi) is 2.80. The van der Waals surface area contributed by atoms with Crippen molar-refractivity contribution in [1.82, 2.24) is 4.98 Å². The molecule has 94 valence electrons. The van der Waals surface area contributed by atoms with Crippen LogP contribution in [0.1, 0.15) is 0 Å². The van der Waals surface area contributed by atoms with Crippen molar-refractivity contribution in [3.05, 3.63) is 54.6 Å². The fourth-order valence-electron chi connectivity index (χ4n) is 2.10.